The minimum atomic E-state index is -0.497. The van der Waals surface area contributed by atoms with Crippen LogP contribution in [-0.4, -0.2) is 18.9 Å². The summed E-state index contributed by atoms with van der Waals surface area (Å²) < 4.78 is 16.3. The van der Waals surface area contributed by atoms with Gasteiger partial charge >= 0.3 is 11.6 Å². The lowest BCUT2D eigenvalue weighted by atomic mass is 9.91. The van der Waals surface area contributed by atoms with Gasteiger partial charge in [-0.3, -0.25) is 4.79 Å². The van der Waals surface area contributed by atoms with Gasteiger partial charge in [-0.05, 0) is 48.7 Å². The summed E-state index contributed by atoms with van der Waals surface area (Å²) in [6.07, 6.45) is -0.310. The van der Waals surface area contributed by atoms with Crippen LogP contribution < -0.4 is 10.4 Å². The third kappa shape index (κ3) is 2.87. The van der Waals surface area contributed by atoms with Gasteiger partial charge in [-0.1, -0.05) is 12.1 Å². The van der Waals surface area contributed by atoms with E-state index in [0.29, 0.717) is 39.0 Å². The smallest absolute Gasteiger partial charge is 0.337 e. The Morgan fingerprint density at radius 1 is 1.07 bits per heavy atom. The number of benzene rings is 2. The molecule has 3 aromatic rings. The number of carbonyl (C=O) groups is 2. The van der Waals surface area contributed by atoms with Gasteiger partial charge in [0.15, 0.2) is 5.78 Å². The van der Waals surface area contributed by atoms with Crippen molar-refractivity contribution < 1.29 is 23.5 Å². The van der Waals surface area contributed by atoms with Gasteiger partial charge in [-0.25, -0.2) is 9.59 Å². The summed E-state index contributed by atoms with van der Waals surface area (Å²) in [5.74, 6) is -0.0207. The molecular formula is C22H18O6. The van der Waals surface area contributed by atoms with Crippen molar-refractivity contribution in [2.24, 2.45) is 0 Å². The zero-order valence-corrected chi connectivity index (χ0v) is 15.7. The molecule has 0 saturated carbocycles. The quantitative estimate of drug-likeness (QED) is 0.497. The molecule has 0 unspecified atom stereocenters. The highest BCUT2D eigenvalue weighted by molar-refractivity contribution is 6.07. The average Bonchev–Trinajstić information content (AvgIpc) is 2.66. The predicted molar refractivity (Wildman–Crippen MR) is 102 cm³/mol. The number of ether oxygens (including phenoxy) is 2. The zero-order valence-electron chi connectivity index (χ0n) is 15.7. The molecule has 0 radical (unpaired) electrons. The molecule has 0 aliphatic carbocycles. The van der Waals surface area contributed by atoms with Gasteiger partial charge < -0.3 is 13.9 Å². The van der Waals surface area contributed by atoms with Gasteiger partial charge in [0, 0.05) is 6.07 Å². The molecule has 1 atom stereocenters. The first-order valence-corrected chi connectivity index (χ1v) is 8.85. The summed E-state index contributed by atoms with van der Waals surface area (Å²) in [7, 11) is 1.32. The molecule has 0 N–H and O–H groups in total. The number of hydrogen-bond donors (Lipinski definition) is 0. The first-order chi connectivity index (χ1) is 13.4. The van der Waals surface area contributed by atoms with Crippen molar-refractivity contribution >= 4 is 22.7 Å². The Balaban J connectivity index is 1.82. The van der Waals surface area contributed by atoms with Crippen LogP contribution >= 0.6 is 0 Å². The highest BCUT2D eigenvalue weighted by Crippen LogP contribution is 2.42. The number of aryl methyl sites for hydroxylation is 2. The van der Waals surface area contributed by atoms with E-state index >= 15 is 0 Å². The summed E-state index contributed by atoms with van der Waals surface area (Å²) in [5.41, 5.74) is 3.07. The lowest BCUT2D eigenvalue weighted by Crippen LogP contribution is -2.22. The van der Waals surface area contributed by atoms with Crippen LogP contribution in [0.25, 0.3) is 11.0 Å². The number of ketones is 1. The molecule has 28 heavy (non-hydrogen) atoms. The fourth-order valence-corrected chi connectivity index (χ4v) is 3.65. The molecule has 1 aromatic heterocycles. The number of Topliss-reactive ketones (excluding diaryl/α,β-unsaturated/α-hetero) is 1. The largest absolute Gasteiger partial charge is 0.484 e. The maximum Gasteiger partial charge on any atom is 0.337 e. The van der Waals surface area contributed by atoms with Gasteiger partial charge in [0.2, 0.25) is 0 Å². The third-order valence-corrected chi connectivity index (χ3v) is 5.00. The lowest BCUT2D eigenvalue weighted by Gasteiger charge is -2.28. The Morgan fingerprint density at radius 3 is 2.46 bits per heavy atom. The second-order valence-corrected chi connectivity index (χ2v) is 6.87. The Morgan fingerprint density at radius 2 is 1.79 bits per heavy atom. The molecular weight excluding hydrogens is 360 g/mol. The summed E-state index contributed by atoms with van der Waals surface area (Å²) >= 11 is 0. The lowest BCUT2D eigenvalue weighted by molar-refractivity contribution is 0.0600. The summed E-state index contributed by atoms with van der Waals surface area (Å²) in [6.45, 7) is 3.59. The Hall–Kier alpha value is -3.41. The maximum atomic E-state index is 12.9. The highest BCUT2D eigenvalue weighted by atomic mass is 16.5. The van der Waals surface area contributed by atoms with Gasteiger partial charge in [-0.15, -0.1) is 0 Å². The van der Waals surface area contributed by atoms with Crippen molar-refractivity contribution in [3.63, 3.8) is 0 Å². The second-order valence-electron chi connectivity index (χ2n) is 6.87. The predicted octanol–water partition coefficient (Wildman–Crippen LogP) is 3.90. The van der Waals surface area contributed by atoms with Crippen molar-refractivity contribution in [3.8, 4) is 5.75 Å². The van der Waals surface area contributed by atoms with E-state index in [2.05, 4.69) is 0 Å². The second kappa shape index (κ2) is 6.64. The van der Waals surface area contributed by atoms with E-state index in [0.717, 1.165) is 5.56 Å². The van der Waals surface area contributed by atoms with Crippen LogP contribution in [0.3, 0.4) is 0 Å². The highest BCUT2D eigenvalue weighted by Gasteiger charge is 2.32. The summed E-state index contributed by atoms with van der Waals surface area (Å²) in [5, 5.41) is 0.629. The molecule has 1 aliphatic rings. The first kappa shape index (κ1) is 18.0. The molecule has 6 heteroatoms. The van der Waals surface area contributed by atoms with Crippen molar-refractivity contribution in [2.45, 2.75) is 26.4 Å². The van der Waals surface area contributed by atoms with Crippen molar-refractivity contribution in [2.75, 3.05) is 7.11 Å². The van der Waals surface area contributed by atoms with E-state index in [1.54, 1.807) is 44.2 Å². The van der Waals surface area contributed by atoms with Crippen LogP contribution in [0.1, 0.15) is 49.9 Å². The van der Waals surface area contributed by atoms with Crippen LogP contribution in [0.5, 0.6) is 5.75 Å². The van der Waals surface area contributed by atoms with E-state index < -0.39 is 17.7 Å². The Labute approximate surface area is 160 Å². The van der Waals surface area contributed by atoms with Crippen LogP contribution in [0, 0.1) is 13.8 Å². The van der Waals surface area contributed by atoms with E-state index in [1.165, 1.54) is 13.2 Å². The molecule has 0 fully saturated rings. The van der Waals surface area contributed by atoms with Gasteiger partial charge in [0.1, 0.15) is 17.4 Å². The molecule has 0 amide bonds. The number of fused-ring (bicyclic) bond motifs is 3. The molecule has 142 valence electrons. The van der Waals surface area contributed by atoms with E-state index in [-0.39, 0.29) is 12.2 Å². The molecule has 4 rings (SSSR count). The molecule has 0 bridgehead atoms. The minimum Gasteiger partial charge on any atom is -0.484 e. The summed E-state index contributed by atoms with van der Waals surface area (Å²) in [4.78, 5) is 36.2. The molecule has 0 saturated heterocycles. The van der Waals surface area contributed by atoms with E-state index in [9.17, 15) is 14.4 Å². The minimum absolute atomic E-state index is 0.0340. The van der Waals surface area contributed by atoms with Crippen LogP contribution in [0.15, 0.2) is 45.6 Å². The fraction of sp³-hybridized carbons (Fsp3) is 0.227. The zero-order chi connectivity index (χ0) is 20.0. The number of methoxy groups -OCH3 is 1. The van der Waals surface area contributed by atoms with Gasteiger partial charge in [0.05, 0.1) is 30.0 Å². The normalized spacial score (nSPS) is 15.8. The first-order valence-electron chi connectivity index (χ1n) is 8.85. The molecule has 2 aromatic carbocycles. The van der Waals surface area contributed by atoms with Crippen molar-refractivity contribution in [1.82, 2.24) is 0 Å². The van der Waals surface area contributed by atoms with Crippen molar-refractivity contribution in [1.29, 1.82) is 0 Å². The SMILES string of the molecule is COC(=O)c1ccc([C@@H]2CC(=O)c3c(C)cc4oc(=O)cc(C)c4c3O2)cc1. The van der Waals surface area contributed by atoms with Gasteiger partial charge in [-0.2, -0.15) is 0 Å². The number of esters is 1. The van der Waals surface area contributed by atoms with Crippen LogP contribution in [-0.2, 0) is 4.74 Å². The Kier molecular flexibility index (Phi) is 4.26. The maximum absolute atomic E-state index is 12.9. The van der Waals surface area contributed by atoms with Gasteiger partial charge in [0.25, 0.3) is 0 Å². The average molecular weight is 378 g/mol. The third-order valence-electron chi connectivity index (χ3n) is 5.00. The Bertz CT molecular complexity index is 1170. The fourth-order valence-electron chi connectivity index (χ4n) is 3.65. The van der Waals surface area contributed by atoms with E-state index in [4.69, 9.17) is 13.9 Å². The standard InChI is InChI=1S/C22H18O6/c1-11-8-17-20(12(2)9-18(24)27-17)21-19(11)15(23)10-16(28-21)13-4-6-14(7-5-13)22(25)26-3/h4-9,16H,10H2,1-3H3/t16-/m0/s1. The number of carbonyl (C=O) groups excluding carboxylic acids is 2. The number of hydrogen-bond acceptors (Lipinski definition) is 6. The molecule has 2 heterocycles. The topological polar surface area (TPSA) is 82.8 Å². The molecule has 6 nitrogen and oxygen atoms in total. The molecule has 0 spiro atoms. The monoisotopic (exact) mass is 378 g/mol. The molecule has 1 aliphatic heterocycles. The summed E-state index contributed by atoms with van der Waals surface area (Å²) in [6, 6.07) is 9.88. The van der Waals surface area contributed by atoms with Crippen molar-refractivity contribution in [3.05, 3.63) is 74.6 Å². The number of rotatable bonds is 2. The van der Waals surface area contributed by atoms with Crippen LogP contribution in [0.4, 0.5) is 0 Å². The van der Waals surface area contributed by atoms with E-state index in [1.807, 2.05) is 0 Å². The van der Waals surface area contributed by atoms with Crippen LogP contribution in [0.2, 0.25) is 0 Å².